The topological polar surface area (TPSA) is 86.8 Å². The van der Waals surface area contributed by atoms with Crippen molar-refractivity contribution in [2.75, 3.05) is 17.1 Å². The Balaban J connectivity index is 1.85. The SMILES string of the molecule is C[C@H](C(=O)NC1CCCCC1)N(Cc1ccccc1)C(=O)CN(c1ccccc1Cl)S(C)(=O)=O. The van der Waals surface area contributed by atoms with Crippen molar-refractivity contribution in [1.82, 2.24) is 10.2 Å². The summed E-state index contributed by atoms with van der Waals surface area (Å²) in [5.74, 6) is -0.722. The van der Waals surface area contributed by atoms with Gasteiger partial charge in [-0.1, -0.05) is 73.3 Å². The van der Waals surface area contributed by atoms with Gasteiger partial charge in [-0.3, -0.25) is 13.9 Å². The predicted molar refractivity (Wildman–Crippen MR) is 135 cm³/mol. The summed E-state index contributed by atoms with van der Waals surface area (Å²) in [6.45, 7) is 1.40. The molecule has 0 aliphatic heterocycles. The van der Waals surface area contributed by atoms with Crippen LogP contribution in [0.15, 0.2) is 54.6 Å². The Kier molecular flexibility index (Phi) is 8.97. The fourth-order valence-corrected chi connectivity index (χ4v) is 5.33. The summed E-state index contributed by atoms with van der Waals surface area (Å²) in [6.07, 6.45) is 6.22. The van der Waals surface area contributed by atoms with Crippen LogP contribution in [0.3, 0.4) is 0 Å². The van der Waals surface area contributed by atoms with Gasteiger partial charge in [0.1, 0.15) is 12.6 Å². The van der Waals surface area contributed by atoms with Crippen molar-refractivity contribution < 1.29 is 18.0 Å². The number of carbonyl (C=O) groups excluding carboxylic acids is 2. The number of sulfonamides is 1. The number of amides is 2. The van der Waals surface area contributed by atoms with Gasteiger partial charge in [0.2, 0.25) is 21.8 Å². The lowest BCUT2D eigenvalue weighted by atomic mass is 9.95. The molecule has 2 aromatic rings. The predicted octanol–water partition coefficient (Wildman–Crippen LogP) is 3.97. The number of nitrogens with one attached hydrogen (secondary N) is 1. The Hall–Kier alpha value is -2.58. The zero-order valence-electron chi connectivity index (χ0n) is 19.6. The van der Waals surface area contributed by atoms with E-state index in [1.54, 1.807) is 31.2 Å². The molecular weight excluding hydrogens is 474 g/mol. The first-order valence-electron chi connectivity index (χ1n) is 11.5. The van der Waals surface area contributed by atoms with E-state index in [1.807, 2.05) is 30.3 Å². The van der Waals surface area contributed by atoms with E-state index >= 15 is 0 Å². The molecule has 184 valence electrons. The summed E-state index contributed by atoms with van der Waals surface area (Å²) in [6, 6.07) is 15.1. The third-order valence-corrected chi connectivity index (χ3v) is 7.56. The van der Waals surface area contributed by atoms with Crippen LogP contribution in [0.1, 0.15) is 44.6 Å². The molecule has 1 aliphatic carbocycles. The van der Waals surface area contributed by atoms with Gasteiger partial charge in [-0.15, -0.1) is 0 Å². The molecular formula is C25H32ClN3O4S. The summed E-state index contributed by atoms with van der Waals surface area (Å²) in [5, 5.41) is 3.30. The van der Waals surface area contributed by atoms with Crippen molar-refractivity contribution in [3.8, 4) is 0 Å². The fourth-order valence-electron chi connectivity index (χ4n) is 4.18. The summed E-state index contributed by atoms with van der Waals surface area (Å²) in [7, 11) is -3.81. The fraction of sp³-hybridized carbons (Fsp3) is 0.440. The third kappa shape index (κ3) is 6.96. The number of rotatable bonds is 9. The van der Waals surface area contributed by atoms with Gasteiger partial charge in [-0.25, -0.2) is 8.42 Å². The number of anilines is 1. The minimum absolute atomic E-state index is 0.105. The van der Waals surface area contributed by atoms with Gasteiger partial charge in [0, 0.05) is 12.6 Å². The molecule has 0 unspecified atom stereocenters. The number of nitrogens with zero attached hydrogens (tertiary/aromatic N) is 2. The molecule has 1 saturated carbocycles. The highest BCUT2D eigenvalue weighted by atomic mass is 35.5. The summed E-state index contributed by atoms with van der Waals surface area (Å²) in [4.78, 5) is 28.1. The Morgan fingerprint density at radius 1 is 1.03 bits per heavy atom. The van der Waals surface area contributed by atoms with Crippen molar-refractivity contribution in [2.45, 2.75) is 57.7 Å². The van der Waals surface area contributed by atoms with Crippen LogP contribution < -0.4 is 9.62 Å². The zero-order chi connectivity index (χ0) is 24.7. The first-order chi connectivity index (χ1) is 16.2. The van der Waals surface area contributed by atoms with E-state index in [1.165, 1.54) is 11.3 Å². The lowest BCUT2D eigenvalue weighted by Gasteiger charge is -2.33. The molecule has 0 saturated heterocycles. The summed E-state index contributed by atoms with van der Waals surface area (Å²) < 4.78 is 26.2. The van der Waals surface area contributed by atoms with E-state index in [0.717, 1.165) is 41.8 Å². The largest absolute Gasteiger partial charge is 0.352 e. The monoisotopic (exact) mass is 505 g/mol. The second kappa shape index (κ2) is 11.7. The second-order valence-electron chi connectivity index (χ2n) is 8.75. The number of para-hydroxylation sites is 1. The molecule has 0 radical (unpaired) electrons. The molecule has 9 heteroatoms. The van der Waals surface area contributed by atoms with Gasteiger partial charge >= 0.3 is 0 Å². The van der Waals surface area contributed by atoms with Crippen molar-refractivity contribution in [1.29, 1.82) is 0 Å². The van der Waals surface area contributed by atoms with Crippen molar-refractivity contribution >= 4 is 39.1 Å². The van der Waals surface area contributed by atoms with Crippen molar-refractivity contribution in [2.24, 2.45) is 0 Å². The highest BCUT2D eigenvalue weighted by Gasteiger charge is 2.31. The summed E-state index contributed by atoms with van der Waals surface area (Å²) in [5.41, 5.74) is 1.07. The summed E-state index contributed by atoms with van der Waals surface area (Å²) >= 11 is 6.24. The number of benzene rings is 2. The van der Waals surface area contributed by atoms with E-state index in [0.29, 0.717) is 0 Å². The van der Waals surface area contributed by atoms with Crippen LogP contribution in [0, 0.1) is 0 Å². The second-order valence-corrected chi connectivity index (χ2v) is 11.1. The third-order valence-electron chi connectivity index (χ3n) is 6.11. The van der Waals surface area contributed by atoms with E-state index in [9.17, 15) is 18.0 Å². The highest BCUT2D eigenvalue weighted by Crippen LogP contribution is 2.27. The Bertz CT molecular complexity index is 1090. The van der Waals surface area contributed by atoms with E-state index < -0.39 is 28.5 Å². The molecule has 0 spiro atoms. The maximum absolute atomic E-state index is 13.5. The van der Waals surface area contributed by atoms with Gasteiger partial charge in [-0.2, -0.15) is 0 Å². The van der Waals surface area contributed by atoms with Gasteiger partial charge in [0.05, 0.1) is 17.0 Å². The van der Waals surface area contributed by atoms with E-state index in [2.05, 4.69) is 5.32 Å². The Morgan fingerprint density at radius 3 is 2.26 bits per heavy atom. The van der Waals surface area contributed by atoms with Gasteiger partial charge in [0.15, 0.2) is 0 Å². The average Bonchev–Trinajstić information content (AvgIpc) is 2.81. The van der Waals surface area contributed by atoms with Gasteiger partial charge in [0.25, 0.3) is 0 Å². The molecule has 0 bridgehead atoms. The Morgan fingerprint density at radius 2 is 1.65 bits per heavy atom. The van der Waals surface area contributed by atoms with Crippen LogP contribution in [-0.4, -0.2) is 50.0 Å². The lowest BCUT2D eigenvalue weighted by molar-refractivity contribution is -0.139. The quantitative estimate of drug-likeness (QED) is 0.558. The van der Waals surface area contributed by atoms with E-state index in [-0.39, 0.29) is 29.2 Å². The van der Waals surface area contributed by atoms with Crippen LogP contribution in [0.2, 0.25) is 5.02 Å². The average molecular weight is 506 g/mol. The number of halogens is 1. The van der Waals surface area contributed by atoms with Crippen molar-refractivity contribution in [3.05, 3.63) is 65.2 Å². The lowest BCUT2D eigenvalue weighted by Crippen LogP contribution is -2.53. The normalized spacial score (nSPS) is 15.4. The molecule has 2 amide bonds. The molecule has 1 atom stereocenters. The zero-order valence-corrected chi connectivity index (χ0v) is 21.2. The first kappa shape index (κ1) is 26.0. The maximum atomic E-state index is 13.5. The molecule has 34 heavy (non-hydrogen) atoms. The van der Waals surface area contributed by atoms with Crippen molar-refractivity contribution in [3.63, 3.8) is 0 Å². The van der Waals surface area contributed by atoms with Crippen LogP contribution in [0.5, 0.6) is 0 Å². The van der Waals surface area contributed by atoms with Gasteiger partial charge in [-0.05, 0) is 37.5 Å². The minimum atomic E-state index is -3.81. The first-order valence-corrected chi connectivity index (χ1v) is 13.8. The van der Waals surface area contributed by atoms with Crippen LogP contribution in [-0.2, 0) is 26.2 Å². The highest BCUT2D eigenvalue weighted by molar-refractivity contribution is 7.92. The van der Waals surface area contributed by atoms with Crippen LogP contribution in [0.4, 0.5) is 5.69 Å². The number of hydrogen-bond acceptors (Lipinski definition) is 4. The van der Waals surface area contributed by atoms with Gasteiger partial charge < -0.3 is 10.2 Å². The Labute approximate surface area is 207 Å². The molecule has 1 aliphatic rings. The smallest absolute Gasteiger partial charge is 0.244 e. The number of carbonyl (C=O) groups is 2. The molecule has 1 fully saturated rings. The maximum Gasteiger partial charge on any atom is 0.244 e. The molecule has 0 heterocycles. The van der Waals surface area contributed by atoms with Crippen LogP contribution >= 0.6 is 11.6 Å². The molecule has 2 aromatic carbocycles. The standard InChI is InChI=1S/C25H32ClN3O4S/c1-19(25(31)27-21-13-7-4-8-14-21)28(17-20-11-5-3-6-12-20)24(30)18-29(34(2,32)33)23-16-10-9-15-22(23)26/h3,5-6,9-12,15-16,19,21H,4,7-8,13-14,17-18H2,1-2H3,(H,27,31)/t19-/m1/s1. The molecule has 3 rings (SSSR count). The van der Waals surface area contributed by atoms with Crippen LogP contribution in [0.25, 0.3) is 0 Å². The van der Waals surface area contributed by atoms with E-state index in [4.69, 9.17) is 11.6 Å². The molecule has 7 nitrogen and oxygen atoms in total. The number of hydrogen-bond donors (Lipinski definition) is 1. The molecule has 1 N–H and O–H groups in total. The minimum Gasteiger partial charge on any atom is -0.352 e. The molecule has 0 aromatic heterocycles.